The molecule has 1 aliphatic rings. The van der Waals surface area contributed by atoms with E-state index in [-0.39, 0.29) is 12.3 Å². The second-order valence-electron chi connectivity index (χ2n) is 7.73. The number of non-ortho nitro benzene ring substituents is 1. The summed E-state index contributed by atoms with van der Waals surface area (Å²) in [6.45, 7) is 6.02. The Morgan fingerprint density at radius 1 is 1.00 bits per heavy atom. The maximum absolute atomic E-state index is 10.8. The maximum atomic E-state index is 10.8. The normalized spacial score (nSPS) is 13.7. The van der Waals surface area contributed by atoms with Gasteiger partial charge in [-0.2, -0.15) is 0 Å². The van der Waals surface area contributed by atoms with E-state index >= 15 is 0 Å². The van der Waals surface area contributed by atoms with E-state index in [0.717, 1.165) is 43.1 Å². The average molecular weight is 462 g/mol. The molecule has 3 aromatic carbocycles. The molecular weight excluding hydrogens is 434 g/mol. The van der Waals surface area contributed by atoms with Crippen LogP contribution < -0.4 is 14.4 Å². The summed E-state index contributed by atoms with van der Waals surface area (Å²) in [5.74, 6) is 1.23. The Morgan fingerprint density at radius 2 is 1.74 bits per heavy atom. The van der Waals surface area contributed by atoms with Gasteiger partial charge in [0.2, 0.25) is 0 Å². The number of aliphatic imine (C=N–C) groups is 1. The highest BCUT2D eigenvalue weighted by molar-refractivity contribution is 5.83. The summed E-state index contributed by atoms with van der Waals surface area (Å²) in [4.78, 5) is 17.3. The smallest absolute Gasteiger partial charge is 0.269 e. The lowest BCUT2D eigenvalue weighted by molar-refractivity contribution is -0.384. The van der Waals surface area contributed by atoms with E-state index in [1.807, 2.05) is 37.3 Å². The van der Waals surface area contributed by atoms with Crippen LogP contribution in [0.15, 0.2) is 71.7 Å². The van der Waals surface area contributed by atoms with E-state index in [4.69, 9.17) is 14.2 Å². The van der Waals surface area contributed by atoms with Crippen molar-refractivity contribution in [2.45, 2.75) is 13.5 Å². The van der Waals surface area contributed by atoms with Gasteiger partial charge in [-0.15, -0.1) is 0 Å². The lowest BCUT2D eigenvalue weighted by Crippen LogP contribution is -2.36. The Balaban J connectivity index is 1.41. The Bertz CT molecular complexity index is 1120. The molecule has 0 spiro atoms. The quantitative estimate of drug-likeness (QED) is 0.249. The van der Waals surface area contributed by atoms with Gasteiger partial charge in [0.15, 0.2) is 11.5 Å². The lowest BCUT2D eigenvalue weighted by Gasteiger charge is -2.28. The fourth-order valence-corrected chi connectivity index (χ4v) is 3.59. The molecule has 34 heavy (non-hydrogen) atoms. The highest BCUT2D eigenvalue weighted by atomic mass is 16.6. The van der Waals surface area contributed by atoms with E-state index in [2.05, 4.69) is 22.0 Å². The van der Waals surface area contributed by atoms with Gasteiger partial charge in [0.25, 0.3) is 5.69 Å². The van der Waals surface area contributed by atoms with Crippen LogP contribution in [0.2, 0.25) is 0 Å². The number of hydrogen-bond acceptors (Lipinski definition) is 7. The van der Waals surface area contributed by atoms with Crippen LogP contribution in [-0.2, 0) is 11.3 Å². The Hall–Kier alpha value is -3.91. The lowest BCUT2D eigenvalue weighted by atomic mass is 10.2. The molecule has 0 saturated carbocycles. The number of nitrogens with zero attached hydrogens (tertiary/aromatic N) is 3. The Labute approximate surface area is 198 Å². The van der Waals surface area contributed by atoms with Crippen LogP contribution in [0, 0.1) is 10.1 Å². The van der Waals surface area contributed by atoms with Crippen molar-refractivity contribution < 1.29 is 19.1 Å². The molecule has 0 aliphatic carbocycles. The molecule has 1 aliphatic heterocycles. The zero-order valence-electron chi connectivity index (χ0n) is 19.1. The van der Waals surface area contributed by atoms with Gasteiger partial charge >= 0.3 is 0 Å². The van der Waals surface area contributed by atoms with Crippen molar-refractivity contribution in [1.82, 2.24) is 0 Å². The molecule has 0 bridgehead atoms. The van der Waals surface area contributed by atoms with Gasteiger partial charge in [0.1, 0.15) is 6.61 Å². The Kier molecular flexibility index (Phi) is 7.72. The van der Waals surface area contributed by atoms with Crippen LogP contribution in [0.3, 0.4) is 0 Å². The second-order valence-corrected chi connectivity index (χ2v) is 7.73. The molecule has 0 amide bonds. The first kappa shape index (κ1) is 23.3. The number of morpholine rings is 1. The van der Waals surface area contributed by atoms with E-state index < -0.39 is 4.92 Å². The number of nitro groups is 1. The monoisotopic (exact) mass is 461 g/mol. The van der Waals surface area contributed by atoms with Crippen LogP contribution in [0.1, 0.15) is 18.1 Å². The molecule has 8 nitrogen and oxygen atoms in total. The largest absolute Gasteiger partial charge is 0.490 e. The van der Waals surface area contributed by atoms with Crippen molar-refractivity contribution in [3.8, 4) is 11.5 Å². The molecule has 176 valence electrons. The molecule has 1 fully saturated rings. The summed E-state index contributed by atoms with van der Waals surface area (Å²) < 4.78 is 17.1. The number of benzene rings is 3. The van der Waals surface area contributed by atoms with Crippen molar-refractivity contribution in [3.05, 3.63) is 88.0 Å². The van der Waals surface area contributed by atoms with E-state index in [0.29, 0.717) is 18.1 Å². The molecule has 8 heteroatoms. The third-order valence-corrected chi connectivity index (χ3v) is 5.40. The topological polar surface area (TPSA) is 86.4 Å². The van der Waals surface area contributed by atoms with Gasteiger partial charge in [-0.25, -0.2) is 0 Å². The van der Waals surface area contributed by atoms with Gasteiger partial charge in [-0.1, -0.05) is 0 Å². The van der Waals surface area contributed by atoms with Gasteiger partial charge in [0.05, 0.1) is 30.4 Å². The Morgan fingerprint density at radius 3 is 2.41 bits per heavy atom. The van der Waals surface area contributed by atoms with Crippen molar-refractivity contribution in [2.75, 3.05) is 37.8 Å². The van der Waals surface area contributed by atoms with Crippen molar-refractivity contribution in [1.29, 1.82) is 0 Å². The van der Waals surface area contributed by atoms with Gasteiger partial charge in [-0.3, -0.25) is 15.1 Å². The number of hydrogen-bond donors (Lipinski definition) is 0. The molecular formula is C26H27N3O5. The molecule has 0 N–H and O–H groups in total. The predicted molar refractivity (Wildman–Crippen MR) is 132 cm³/mol. The SMILES string of the molecule is CCOc1cc(C=Nc2ccc(N3CCOCC3)cc2)ccc1OCc1ccc([N+](=O)[O-])cc1. The second kappa shape index (κ2) is 11.3. The summed E-state index contributed by atoms with van der Waals surface area (Å²) >= 11 is 0. The maximum Gasteiger partial charge on any atom is 0.269 e. The van der Waals surface area contributed by atoms with Crippen LogP contribution in [0.25, 0.3) is 0 Å². The highest BCUT2D eigenvalue weighted by Crippen LogP contribution is 2.29. The van der Waals surface area contributed by atoms with Crippen molar-refractivity contribution in [3.63, 3.8) is 0 Å². The zero-order chi connectivity index (χ0) is 23.8. The molecule has 0 atom stereocenters. The summed E-state index contributed by atoms with van der Waals surface area (Å²) in [7, 11) is 0. The fraction of sp³-hybridized carbons (Fsp3) is 0.269. The van der Waals surface area contributed by atoms with Gasteiger partial charge in [0, 0.05) is 37.1 Å². The van der Waals surface area contributed by atoms with Crippen LogP contribution in [0.5, 0.6) is 11.5 Å². The first-order valence-corrected chi connectivity index (χ1v) is 11.2. The molecule has 1 saturated heterocycles. The molecule has 4 rings (SSSR count). The minimum absolute atomic E-state index is 0.0538. The molecule has 0 radical (unpaired) electrons. The summed E-state index contributed by atoms with van der Waals surface area (Å²) in [5, 5.41) is 10.8. The van der Waals surface area contributed by atoms with Crippen LogP contribution >= 0.6 is 0 Å². The number of anilines is 1. The van der Waals surface area contributed by atoms with E-state index in [1.54, 1.807) is 18.3 Å². The third kappa shape index (κ3) is 6.11. The average Bonchev–Trinajstić information content (AvgIpc) is 2.88. The number of rotatable bonds is 9. The molecule has 1 heterocycles. The number of nitro benzene ring substituents is 1. The van der Waals surface area contributed by atoms with Crippen molar-refractivity contribution in [2.24, 2.45) is 4.99 Å². The first-order valence-electron chi connectivity index (χ1n) is 11.2. The summed E-state index contributed by atoms with van der Waals surface area (Å²) in [5.41, 5.74) is 3.82. The fourth-order valence-electron chi connectivity index (χ4n) is 3.59. The van der Waals surface area contributed by atoms with Crippen LogP contribution in [-0.4, -0.2) is 44.0 Å². The van der Waals surface area contributed by atoms with Crippen molar-refractivity contribution >= 4 is 23.3 Å². The van der Waals surface area contributed by atoms with E-state index in [1.165, 1.54) is 17.8 Å². The number of ether oxygens (including phenoxy) is 3. The first-order chi connectivity index (χ1) is 16.6. The molecule has 0 aromatic heterocycles. The minimum Gasteiger partial charge on any atom is -0.490 e. The molecule has 0 unspecified atom stereocenters. The summed E-state index contributed by atoms with van der Waals surface area (Å²) in [6, 6.07) is 20.1. The zero-order valence-corrected chi connectivity index (χ0v) is 19.1. The standard InChI is InChI=1S/C26H27N3O5/c1-2-33-26-17-21(5-12-25(26)34-19-20-3-8-24(9-4-20)29(30)31)18-27-22-6-10-23(11-7-22)28-13-15-32-16-14-28/h3-12,17-18H,2,13-16,19H2,1H3. The van der Waals surface area contributed by atoms with E-state index in [9.17, 15) is 10.1 Å². The minimum atomic E-state index is -0.420. The summed E-state index contributed by atoms with van der Waals surface area (Å²) in [6.07, 6.45) is 1.80. The van der Waals surface area contributed by atoms with Gasteiger partial charge in [-0.05, 0) is 72.6 Å². The third-order valence-electron chi connectivity index (χ3n) is 5.40. The highest BCUT2D eigenvalue weighted by Gasteiger charge is 2.11. The molecule has 3 aromatic rings. The predicted octanol–water partition coefficient (Wildman–Crippen LogP) is 5.16. The van der Waals surface area contributed by atoms with Gasteiger partial charge < -0.3 is 19.1 Å². The van der Waals surface area contributed by atoms with Crippen LogP contribution in [0.4, 0.5) is 17.1 Å².